The van der Waals surface area contributed by atoms with Crippen LogP contribution < -0.4 is 21.3 Å². The molecule has 4 rings (SSSR count). The number of aromatic nitrogens is 1. The van der Waals surface area contributed by atoms with Crippen LogP contribution in [0.3, 0.4) is 0 Å². The zero-order chi connectivity index (χ0) is 20.7. The summed E-state index contributed by atoms with van der Waals surface area (Å²) in [4.78, 5) is 31.4. The number of amides is 1. The van der Waals surface area contributed by atoms with Crippen molar-refractivity contribution in [3.8, 4) is 0 Å². The number of rotatable bonds is 6. The zero-order valence-corrected chi connectivity index (χ0v) is 16.3. The third kappa shape index (κ3) is 3.30. The van der Waals surface area contributed by atoms with Crippen LogP contribution >= 0.6 is 23.2 Å². The summed E-state index contributed by atoms with van der Waals surface area (Å²) < 4.78 is 5.54. The summed E-state index contributed by atoms with van der Waals surface area (Å²) in [6.07, 6.45) is 1.31. The maximum Gasteiger partial charge on any atom is 0.338 e. The minimum atomic E-state index is -1.15. The van der Waals surface area contributed by atoms with E-state index in [1.54, 1.807) is 21.9 Å². The van der Waals surface area contributed by atoms with Gasteiger partial charge in [-0.1, -0.05) is 23.2 Å². The summed E-state index contributed by atoms with van der Waals surface area (Å²) in [6.45, 7) is 0.203. The average molecular weight is 439 g/mol. The highest BCUT2D eigenvalue weighted by molar-refractivity contribution is 6.39. The molecule has 2 aliphatic heterocycles. The number of pyridine rings is 1. The van der Waals surface area contributed by atoms with Crippen molar-refractivity contribution in [3.63, 3.8) is 0 Å². The van der Waals surface area contributed by atoms with Gasteiger partial charge < -0.3 is 35.7 Å². The second-order valence-electron chi connectivity index (χ2n) is 6.39. The molecule has 0 fully saturated rings. The van der Waals surface area contributed by atoms with Crippen LogP contribution in [0, 0.1) is 0 Å². The van der Waals surface area contributed by atoms with Gasteiger partial charge >= 0.3 is 5.97 Å². The van der Waals surface area contributed by atoms with Gasteiger partial charge in [-0.3, -0.25) is 4.79 Å². The first-order valence-corrected chi connectivity index (χ1v) is 9.28. The lowest BCUT2D eigenvalue weighted by atomic mass is 10.1. The van der Waals surface area contributed by atoms with E-state index in [-0.39, 0.29) is 29.0 Å². The molecular weight excluding hydrogens is 423 g/mol. The van der Waals surface area contributed by atoms with Gasteiger partial charge in [0.15, 0.2) is 12.0 Å². The van der Waals surface area contributed by atoms with Crippen LogP contribution in [0.25, 0.3) is 0 Å². The van der Waals surface area contributed by atoms with Gasteiger partial charge in [0.2, 0.25) is 5.91 Å². The number of nitrogens with zero attached hydrogens (tertiary/aromatic N) is 3. The molecule has 4 heterocycles. The Balaban J connectivity index is 1.88. The molecule has 2 atom stereocenters. The Morgan fingerprint density at radius 2 is 2.21 bits per heavy atom. The van der Waals surface area contributed by atoms with E-state index in [1.807, 2.05) is 0 Å². The van der Waals surface area contributed by atoms with Gasteiger partial charge in [-0.25, -0.2) is 9.78 Å². The van der Waals surface area contributed by atoms with Crippen LogP contribution in [0.15, 0.2) is 45.4 Å². The minimum Gasteiger partial charge on any atom is -0.478 e. The normalized spacial score (nSPS) is 19.0. The largest absolute Gasteiger partial charge is 0.478 e. The maximum absolute atomic E-state index is 11.9. The monoisotopic (exact) mass is 438 g/mol. The van der Waals surface area contributed by atoms with Crippen molar-refractivity contribution in [1.82, 2.24) is 15.2 Å². The predicted molar refractivity (Wildman–Crippen MR) is 105 cm³/mol. The van der Waals surface area contributed by atoms with Gasteiger partial charge in [-0.2, -0.15) is 0 Å². The van der Waals surface area contributed by atoms with Gasteiger partial charge in [0, 0.05) is 6.20 Å². The standard InChI is InChI=1S/C17H16Cl2N6O4/c18-13-14(19)24(7-22-13)11(6-10(20)26)25-12-8(17(27)28)3-4-21-15(12)23-16(25)9-2-1-5-29-9/h1-5,11,16,22H,6-7H2,(H2,20,26)(H,21,23)(H,27,28). The topological polar surface area (TPSA) is 137 Å². The molecule has 152 valence electrons. The summed E-state index contributed by atoms with van der Waals surface area (Å²) in [7, 11) is 0. The summed E-state index contributed by atoms with van der Waals surface area (Å²) in [5, 5.41) is 16.2. The van der Waals surface area contributed by atoms with Crippen molar-refractivity contribution in [3.05, 3.63) is 52.3 Å². The van der Waals surface area contributed by atoms with Crippen molar-refractivity contribution >= 4 is 46.6 Å². The molecule has 10 nitrogen and oxygen atoms in total. The van der Waals surface area contributed by atoms with E-state index in [9.17, 15) is 14.7 Å². The van der Waals surface area contributed by atoms with Crippen LogP contribution in [0.5, 0.6) is 0 Å². The fourth-order valence-electron chi connectivity index (χ4n) is 3.50. The third-order valence-electron chi connectivity index (χ3n) is 4.68. The first-order valence-electron chi connectivity index (χ1n) is 8.53. The van der Waals surface area contributed by atoms with Crippen molar-refractivity contribution in [2.45, 2.75) is 18.8 Å². The fourth-order valence-corrected chi connectivity index (χ4v) is 3.90. The van der Waals surface area contributed by atoms with Crippen LogP contribution in [0.1, 0.15) is 28.7 Å². The number of aromatic carboxylic acids is 1. The average Bonchev–Trinajstić information content (AvgIpc) is 3.39. The number of halogens is 2. The number of fused-ring (bicyclic) bond motifs is 1. The Hall–Kier alpha value is -3.11. The molecule has 0 bridgehead atoms. The van der Waals surface area contributed by atoms with Crippen LogP contribution in [0.2, 0.25) is 0 Å². The number of anilines is 2. The van der Waals surface area contributed by atoms with Gasteiger partial charge in [0.1, 0.15) is 22.2 Å². The Morgan fingerprint density at radius 1 is 1.41 bits per heavy atom. The van der Waals surface area contributed by atoms with Crippen LogP contribution in [0.4, 0.5) is 11.5 Å². The molecule has 0 saturated heterocycles. The number of furan rings is 1. The number of carbonyl (C=O) groups is 2. The smallest absolute Gasteiger partial charge is 0.338 e. The van der Waals surface area contributed by atoms with E-state index < -0.39 is 24.2 Å². The summed E-state index contributed by atoms with van der Waals surface area (Å²) in [6, 6.07) is 4.81. The van der Waals surface area contributed by atoms with E-state index in [2.05, 4.69) is 15.6 Å². The number of carboxylic acids is 1. The molecule has 2 unspecified atom stereocenters. The lowest BCUT2D eigenvalue weighted by molar-refractivity contribution is -0.119. The molecule has 0 saturated carbocycles. The molecule has 2 aliphatic rings. The lowest BCUT2D eigenvalue weighted by Crippen LogP contribution is -2.51. The number of primary amides is 1. The second-order valence-corrected chi connectivity index (χ2v) is 7.13. The number of carbonyl (C=O) groups excluding carboxylic acids is 1. The summed E-state index contributed by atoms with van der Waals surface area (Å²) in [5.74, 6) is -0.922. The number of hydrogen-bond acceptors (Lipinski definition) is 8. The lowest BCUT2D eigenvalue weighted by Gasteiger charge is -2.39. The first kappa shape index (κ1) is 19.2. The van der Waals surface area contributed by atoms with E-state index in [4.69, 9.17) is 33.4 Å². The predicted octanol–water partition coefficient (Wildman–Crippen LogP) is 1.97. The first-order chi connectivity index (χ1) is 13.9. The number of carboxylic acid groups (broad SMARTS) is 1. The SMILES string of the molecule is NC(=O)CC(N1CNC(Cl)=C1Cl)N1c2c(C(=O)O)ccnc2NC1c1ccco1. The van der Waals surface area contributed by atoms with Crippen molar-refractivity contribution in [2.24, 2.45) is 5.73 Å². The minimum absolute atomic E-state index is 0.00406. The van der Waals surface area contributed by atoms with E-state index in [1.165, 1.54) is 18.5 Å². The van der Waals surface area contributed by atoms with Gasteiger partial charge in [0.25, 0.3) is 0 Å². The van der Waals surface area contributed by atoms with E-state index >= 15 is 0 Å². The Kier molecular flexibility index (Phi) is 4.89. The number of nitrogens with two attached hydrogens (primary N) is 1. The molecule has 0 radical (unpaired) electrons. The quantitative estimate of drug-likeness (QED) is 0.498. The molecule has 1 amide bonds. The van der Waals surface area contributed by atoms with E-state index in [0.717, 1.165) is 0 Å². The fraction of sp³-hybridized carbons (Fsp3) is 0.235. The Bertz CT molecular complexity index is 996. The van der Waals surface area contributed by atoms with Gasteiger partial charge in [0.05, 0.1) is 30.6 Å². The van der Waals surface area contributed by atoms with Crippen molar-refractivity contribution < 1.29 is 19.1 Å². The molecule has 0 aliphatic carbocycles. The Labute approximate surface area is 174 Å². The highest BCUT2D eigenvalue weighted by Crippen LogP contribution is 2.45. The highest BCUT2D eigenvalue weighted by Gasteiger charge is 2.44. The molecule has 5 N–H and O–H groups in total. The van der Waals surface area contributed by atoms with Crippen LogP contribution in [-0.4, -0.2) is 39.7 Å². The molecule has 29 heavy (non-hydrogen) atoms. The van der Waals surface area contributed by atoms with Crippen molar-refractivity contribution in [1.29, 1.82) is 0 Å². The van der Waals surface area contributed by atoms with E-state index in [0.29, 0.717) is 17.3 Å². The molecule has 0 spiro atoms. The number of hydrogen-bond donors (Lipinski definition) is 4. The summed E-state index contributed by atoms with van der Waals surface area (Å²) >= 11 is 12.4. The zero-order valence-electron chi connectivity index (χ0n) is 14.8. The van der Waals surface area contributed by atoms with Gasteiger partial charge in [-0.15, -0.1) is 0 Å². The molecular formula is C17H16Cl2N6O4. The molecule has 2 aromatic rings. The highest BCUT2D eigenvalue weighted by atomic mass is 35.5. The summed E-state index contributed by atoms with van der Waals surface area (Å²) in [5.41, 5.74) is 5.81. The third-order valence-corrected chi connectivity index (χ3v) is 5.50. The maximum atomic E-state index is 11.9. The van der Waals surface area contributed by atoms with Crippen molar-refractivity contribution in [2.75, 3.05) is 16.9 Å². The second kappa shape index (κ2) is 7.37. The molecule has 12 heteroatoms. The van der Waals surface area contributed by atoms with Gasteiger partial charge in [-0.05, 0) is 18.2 Å². The van der Waals surface area contributed by atoms with Crippen LogP contribution in [-0.2, 0) is 4.79 Å². The number of nitrogens with one attached hydrogen (secondary N) is 2. The Morgan fingerprint density at radius 3 is 2.79 bits per heavy atom. The molecule has 0 aromatic carbocycles. The molecule has 2 aromatic heterocycles.